The smallest absolute Gasteiger partial charge is 0.316 e. The molecule has 41 atom stereocenters. The molecule has 736 valence electrons. The van der Waals surface area contributed by atoms with Crippen LogP contribution in [0.4, 0.5) is 0 Å². The van der Waals surface area contributed by atoms with E-state index in [0.29, 0.717) is 11.8 Å². The van der Waals surface area contributed by atoms with Crippen LogP contribution in [-0.4, -0.2) is 508 Å². The van der Waals surface area contributed by atoms with Crippen molar-refractivity contribution in [1.29, 1.82) is 0 Å². The molecular formula is C72H112O48S8. The Kier molecular flexibility index (Phi) is 44.4. The second-order valence-electron chi connectivity index (χ2n) is 30.8. The van der Waals surface area contributed by atoms with Crippen LogP contribution >= 0.6 is 94.1 Å². The van der Waals surface area contributed by atoms with Crippen LogP contribution in [0.5, 0.6) is 0 Å². The van der Waals surface area contributed by atoms with E-state index in [-0.39, 0.29) is 69.0 Å². The fraction of sp³-hybridized carbons (Fsp3) is 0.889. The Hall–Kier alpha value is -2.72. The van der Waals surface area contributed by atoms with Crippen LogP contribution < -0.4 is 0 Å². The molecule has 0 unspecified atom stereocenters. The number of carboxylic acid groups (broad SMARTS) is 8. The van der Waals surface area contributed by atoms with Gasteiger partial charge in [0.25, 0.3) is 0 Å². The summed E-state index contributed by atoms with van der Waals surface area (Å²) < 4.78 is 100. The fourth-order valence-electron chi connectivity index (χ4n) is 14.6. The monoisotopic (exact) mass is 2000 g/mol. The maximum Gasteiger partial charge on any atom is 0.316 e. The molecule has 0 saturated carbocycles. The summed E-state index contributed by atoms with van der Waals surface area (Å²) in [5.41, 5.74) is 0. The fourth-order valence-corrected chi connectivity index (χ4v) is 22.4. The van der Waals surface area contributed by atoms with E-state index in [1.807, 2.05) is 0 Å². The predicted molar refractivity (Wildman–Crippen MR) is 441 cm³/mol. The van der Waals surface area contributed by atoms with Crippen molar-refractivity contribution in [2.45, 2.75) is 303 Å². The van der Waals surface area contributed by atoms with Crippen molar-refractivity contribution < 1.29 is 237 Å². The van der Waals surface area contributed by atoms with Crippen LogP contribution in [0.2, 0.25) is 0 Å². The molecular weight excluding hydrogens is 1890 g/mol. The lowest BCUT2D eigenvalue weighted by Gasteiger charge is -2.51. The molecule has 0 aromatic rings. The van der Waals surface area contributed by atoms with Crippen LogP contribution in [0.3, 0.4) is 0 Å². The van der Waals surface area contributed by atoms with E-state index < -0.39 is 361 Å². The maximum absolute atomic E-state index is 12.3. The third-order valence-electron chi connectivity index (χ3n) is 21.5. The number of hydrogen-bond acceptors (Lipinski definition) is 48. The minimum absolute atomic E-state index is 0.160. The van der Waals surface area contributed by atoms with Gasteiger partial charge in [0.15, 0.2) is 50.3 Å². The van der Waals surface area contributed by atoms with E-state index in [1.54, 1.807) is 0 Å². The number of thioether (sulfide) groups is 8. The third-order valence-corrected chi connectivity index (χ3v) is 30.1. The number of hydrogen-bond donors (Lipinski definition) is 24. The lowest BCUT2D eigenvalue weighted by atomic mass is 9.95. The predicted octanol–water partition coefficient (Wildman–Crippen LogP) is -7.68. The van der Waals surface area contributed by atoms with Crippen LogP contribution in [0, 0.1) is 0 Å². The summed E-state index contributed by atoms with van der Waals surface area (Å²) >= 11 is 6.79. The standard InChI is InChI=1S/C72H112O48S8/c1-24(64(103)104)128-23-32-63-47(94)55(102)72(112-32)119-62-31(22-127-15-8-39(85)86)110-70(53(100)45(62)92)117-60-29(20-125-13-6-37(81)82)108-68(51(98)43(60)90)115-58-27(18-123-11-4-35(77)78)106-66(49(96)41(58)88)113-56-25(16-121-9-2-33(73)74)105-65(48(95)40(56)87)114-57-26(17-122-10-3-34(75)76)107-67(50(97)42(57)89)116-59-28(19-124-12-5-36(79)80)109-69(52(99)44(59)91)118-61-30(21-126-14-7-38(83)84)111-71(120-63)54(101)46(61)93/h24-32,40-63,65-72,87-102H,2-23H2,1H3,(H,73,74)(H,75,76)(H,77,78)(H,79,80)(H,81,82)(H,83,84)(H,85,86)(H,103,104)/t24-,25-,26-,27-,28-,29-,30-,31-,32-,40-,41-,42-,43-,44-,45-,46-,47-,48-,49-,50-,51-,52-,53-,54-,55-,56-,57-,58-,59-,60-,61-,62-,63-,65-,66-,67-,68-,69-,70-,71-,72-/m1/s1. The number of aliphatic carboxylic acids is 8. The quantitative estimate of drug-likeness (QED) is 0.0254. The zero-order valence-electron chi connectivity index (χ0n) is 68.0. The molecule has 24 N–H and O–H groups in total. The highest BCUT2D eigenvalue weighted by Crippen LogP contribution is 2.43. The molecule has 48 nitrogen and oxygen atoms in total. The first-order chi connectivity index (χ1) is 60.6. The van der Waals surface area contributed by atoms with Crippen molar-refractivity contribution in [1.82, 2.24) is 0 Å². The summed E-state index contributed by atoms with van der Waals surface area (Å²) in [6.45, 7) is 1.25. The van der Waals surface area contributed by atoms with Crippen LogP contribution in [0.25, 0.3) is 0 Å². The highest BCUT2D eigenvalue weighted by atomic mass is 32.2. The molecule has 16 bridgehead atoms. The van der Waals surface area contributed by atoms with Gasteiger partial charge in [0, 0.05) is 86.3 Å². The van der Waals surface area contributed by atoms with Crippen LogP contribution in [0.1, 0.15) is 51.9 Å². The molecule has 0 aliphatic carbocycles. The van der Waals surface area contributed by atoms with Gasteiger partial charge in [0.05, 0.1) is 99.0 Å². The molecule has 30 aliphatic heterocycles. The van der Waals surface area contributed by atoms with Crippen molar-refractivity contribution in [3.05, 3.63) is 0 Å². The Morgan fingerprint density at radius 2 is 0.328 bits per heavy atom. The second-order valence-corrected chi connectivity index (χ2v) is 40.3. The van der Waals surface area contributed by atoms with Gasteiger partial charge in [-0.1, -0.05) is 0 Å². The summed E-state index contributed by atoms with van der Waals surface area (Å²) in [5, 5.41) is 271. The van der Waals surface area contributed by atoms with Crippen molar-refractivity contribution in [3.8, 4) is 0 Å². The second kappa shape index (κ2) is 52.2. The van der Waals surface area contributed by atoms with Gasteiger partial charge in [-0.15, -0.1) is 11.8 Å². The average molecular weight is 2000 g/mol. The van der Waals surface area contributed by atoms with E-state index in [9.17, 15) is 161 Å². The molecule has 0 radical (unpaired) electrons. The average Bonchev–Trinajstić information content (AvgIpc) is 0.768. The summed E-state index contributed by atoms with van der Waals surface area (Å²) in [5.74, 6) is -14.6. The minimum atomic E-state index is -2.36. The molecule has 30 rings (SSSR count). The molecule has 0 amide bonds. The zero-order chi connectivity index (χ0) is 93.8. The number of rotatable bonds is 39. The summed E-state index contributed by atoms with van der Waals surface area (Å²) in [7, 11) is 0. The van der Waals surface area contributed by atoms with Gasteiger partial charge in [-0.3, -0.25) is 38.4 Å². The normalized spacial score (nSPS) is 41.8. The lowest BCUT2D eigenvalue weighted by Crippen LogP contribution is -2.69. The Morgan fingerprint density at radius 1 is 0.203 bits per heavy atom. The van der Waals surface area contributed by atoms with Gasteiger partial charge in [0.2, 0.25) is 0 Å². The number of aliphatic hydroxyl groups excluding tert-OH is 16. The molecule has 0 aromatic heterocycles. The van der Waals surface area contributed by atoms with Gasteiger partial charge in [-0.05, 0) is 6.92 Å². The highest BCUT2D eigenvalue weighted by Gasteiger charge is 2.61. The number of carboxylic acids is 8. The first kappa shape index (κ1) is 109. The van der Waals surface area contributed by atoms with E-state index >= 15 is 0 Å². The topological polar surface area (TPSA) is 770 Å². The zero-order valence-corrected chi connectivity index (χ0v) is 74.6. The minimum Gasteiger partial charge on any atom is -0.481 e. The highest BCUT2D eigenvalue weighted by molar-refractivity contribution is 8.01. The SMILES string of the molecule is C[C@@H](SC[C@H]1O[C@@H]2O[C@H]3[C@H](O)[C@@H](O)[C@@H](O[C@H]4[C@H](O)[C@@H](O)[C@@H](O[C@H]5[C@H](O)[C@@H](O)[C@@H](O[C@H]6[C@H](O)[C@@H](O)[C@@H](O[C@H]7[C@H](O)[C@@H](O)[C@@H](O[C@H]8[C@H](O)[C@@H](O)[C@@H](O[C@H]9[C@H](O)[C@@H](O)[C@@H](O[C@H]1[C@H](O)[C@H]2O)O[C@@H]9CSCCC(=O)O)O[C@@H]8CSCCC(=O)O)O[C@@H]7CSCCC(=O)O)O[C@@H]6CSCCC(=O)O)O[C@@H]5CSCCC(=O)O)O[C@@H]4CSCCC(=O)O)O[C@@H]3CSCCC(=O)O)C(=O)O. The number of aliphatic hydroxyl groups is 16. The first-order valence-electron chi connectivity index (χ1n) is 40.4. The number of carbonyl (C=O) groups is 8. The van der Waals surface area contributed by atoms with Gasteiger partial charge < -0.3 is 198 Å². The molecule has 30 aliphatic rings. The maximum atomic E-state index is 12.3. The van der Waals surface area contributed by atoms with Crippen LogP contribution in [-0.2, 0) is 114 Å². The van der Waals surface area contributed by atoms with E-state index in [0.717, 1.165) is 82.3 Å². The van der Waals surface area contributed by atoms with Crippen molar-refractivity contribution in [2.24, 2.45) is 0 Å². The lowest BCUT2D eigenvalue weighted by molar-refractivity contribution is -0.396. The van der Waals surface area contributed by atoms with Gasteiger partial charge >= 0.3 is 47.8 Å². The molecule has 30 heterocycles. The van der Waals surface area contributed by atoms with Crippen LogP contribution in [0.15, 0.2) is 0 Å². The molecule has 128 heavy (non-hydrogen) atoms. The first-order valence-corrected chi connectivity index (χ1v) is 49.6. The molecule has 56 heteroatoms. The van der Waals surface area contributed by atoms with Gasteiger partial charge in [0.1, 0.15) is 146 Å². The van der Waals surface area contributed by atoms with Gasteiger partial charge in [-0.2, -0.15) is 82.3 Å². The Labute approximate surface area is 763 Å². The Balaban J connectivity index is 1.12. The molecule has 0 spiro atoms. The Morgan fingerprint density at radius 3 is 0.445 bits per heavy atom. The third kappa shape index (κ3) is 30.1. The summed E-state index contributed by atoms with van der Waals surface area (Å²) in [6.07, 6.45) is -86.0. The largest absolute Gasteiger partial charge is 0.481 e. The summed E-state index contributed by atoms with van der Waals surface area (Å²) in [4.78, 5) is 94.9. The summed E-state index contributed by atoms with van der Waals surface area (Å²) in [6, 6.07) is 0. The van der Waals surface area contributed by atoms with E-state index in [1.165, 1.54) is 6.92 Å². The Bertz CT molecular complexity index is 3350. The van der Waals surface area contributed by atoms with E-state index in [4.69, 9.17) is 75.8 Å². The van der Waals surface area contributed by atoms with Crippen molar-refractivity contribution in [3.63, 3.8) is 0 Å². The van der Waals surface area contributed by atoms with E-state index in [2.05, 4.69) is 0 Å². The van der Waals surface area contributed by atoms with Crippen molar-refractivity contribution in [2.75, 3.05) is 86.3 Å². The molecule has 30 saturated heterocycles. The number of ether oxygens (including phenoxy) is 16. The molecule has 0 aromatic carbocycles. The van der Waals surface area contributed by atoms with Crippen molar-refractivity contribution >= 4 is 142 Å². The van der Waals surface area contributed by atoms with Gasteiger partial charge in [-0.25, -0.2) is 0 Å². The molecule has 30 fully saturated rings.